The predicted molar refractivity (Wildman–Crippen MR) is 104 cm³/mol. The molecule has 2 N–H and O–H groups in total. The number of methoxy groups -OCH3 is 3. The molecule has 0 radical (unpaired) electrons. The number of thiophene rings is 1. The van der Waals surface area contributed by atoms with E-state index in [1.807, 2.05) is 23.6 Å². The molecule has 0 unspecified atom stereocenters. The minimum absolute atomic E-state index is 0.167. The van der Waals surface area contributed by atoms with Crippen LogP contribution in [0.2, 0.25) is 0 Å². The SMILES string of the molecule is COc1cc(C(=O)c2cc(N)ccc2-c2cccs2)cc(OC)c1OC. The van der Waals surface area contributed by atoms with Crippen molar-refractivity contribution in [2.75, 3.05) is 27.1 Å². The molecule has 2 aromatic carbocycles. The topological polar surface area (TPSA) is 70.8 Å². The van der Waals surface area contributed by atoms with Gasteiger partial charge in [-0.05, 0) is 35.7 Å². The van der Waals surface area contributed by atoms with Gasteiger partial charge < -0.3 is 19.9 Å². The van der Waals surface area contributed by atoms with Crippen molar-refractivity contribution in [3.63, 3.8) is 0 Å². The van der Waals surface area contributed by atoms with Crippen LogP contribution in [-0.4, -0.2) is 27.1 Å². The van der Waals surface area contributed by atoms with E-state index in [2.05, 4.69) is 0 Å². The Labute approximate surface area is 155 Å². The average Bonchev–Trinajstić information content (AvgIpc) is 3.20. The summed E-state index contributed by atoms with van der Waals surface area (Å²) in [6, 6.07) is 12.6. The molecule has 0 bridgehead atoms. The van der Waals surface area contributed by atoms with E-state index in [1.54, 1.807) is 35.6 Å². The van der Waals surface area contributed by atoms with Crippen LogP contribution in [-0.2, 0) is 0 Å². The largest absolute Gasteiger partial charge is 0.493 e. The third-order valence-corrected chi connectivity index (χ3v) is 4.90. The molecule has 0 aliphatic rings. The third kappa shape index (κ3) is 3.23. The van der Waals surface area contributed by atoms with Crippen molar-refractivity contribution in [3.8, 4) is 27.7 Å². The molecule has 6 heteroatoms. The summed E-state index contributed by atoms with van der Waals surface area (Å²) in [4.78, 5) is 14.2. The molecule has 0 aliphatic carbocycles. The highest BCUT2D eigenvalue weighted by molar-refractivity contribution is 7.13. The molecule has 0 aliphatic heterocycles. The maximum Gasteiger partial charge on any atom is 0.203 e. The summed E-state index contributed by atoms with van der Waals surface area (Å²) in [5.41, 5.74) is 8.27. The van der Waals surface area contributed by atoms with Crippen LogP contribution in [0.15, 0.2) is 47.8 Å². The number of ether oxygens (including phenoxy) is 3. The molecular weight excluding hydrogens is 350 g/mol. The van der Waals surface area contributed by atoms with Crippen molar-refractivity contribution >= 4 is 22.8 Å². The minimum atomic E-state index is -0.167. The number of nitrogen functional groups attached to an aromatic ring is 1. The summed E-state index contributed by atoms with van der Waals surface area (Å²) in [7, 11) is 4.56. The van der Waals surface area contributed by atoms with Crippen LogP contribution in [0.4, 0.5) is 5.69 Å². The highest BCUT2D eigenvalue weighted by Crippen LogP contribution is 2.39. The molecule has 26 heavy (non-hydrogen) atoms. The van der Waals surface area contributed by atoms with Crippen molar-refractivity contribution in [3.05, 3.63) is 59.0 Å². The summed E-state index contributed by atoms with van der Waals surface area (Å²) in [6.45, 7) is 0. The Kier molecular flexibility index (Phi) is 5.14. The lowest BCUT2D eigenvalue weighted by molar-refractivity contribution is 0.103. The predicted octanol–water partition coefficient (Wildman–Crippen LogP) is 4.25. The normalized spacial score (nSPS) is 10.4. The average molecular weight is 369 g/mol. The minimum Gasteiger partial charge on any atom is -0.493 e. The van der Waals surface area contributed by atoms with E-state index in [9.17, 15) is 4.79 Å². The van der Waals surface area contributed by atoms with Crippen LogP contribution in [0.25, 0.3) is 10.4 Å². The summed E-state index contributed by atoms with van der Waals surface area (Å²) < 4.78 is 16.0. The standard InChI is InChI=1S/C20H19NO4S/c1-23-16-9-12(10-17(24-2)20(16)25-3)19(22)15-11-13(21)6-7-14(15)18-5-4-8-26-18/h4-11H,21H2,1-3H3. The van der Waals surface area contributed by atoms with Gasteiger partial charge in [0.1, 0.15) is 0 Å². The molecule has 0 saturated carbocycles. The van der Waals surface area contributed by atoms with Gasteiger partial charge in [-0.15, -0.1) is 11.3 Å². The Balaban J connectivity index is 2.15. The van der Waals surface area contributed by atoms with E-state index in [4.69, 9.17) is 19.9 Å². The van der Waals surface area contributed by atoms with Crippen LogP contribution in [0.3, 0.4) is 0 Å². The number of anilines is 1. The van der Waals surface area contributed by atoms with Crippen molar-refractivity contribution in [1.82, 2.24) is 0 Å². The first-order valence-electron chi connectivity index (χ1n) is 7.87. The van der Waals surface area contributed by atoms with Gasteiger partial charge in [0, 0.05) is 27.3 Å². The van der Waals surface area contributed by atoms with Gasteiger partial charge in [-0.25, -0.2) is 0 Å². The lowest BCUT2D eigenvalue weighted by Crippen LogP contribution is -2.06. The number of rotatable bonds is 6. The van der Waals surface area contributed by atoms with Gasteiger partial charge in [-0.3, -0.25) is 4.79 Å². The first-order chi connectivity index (χ1) is 12.6. The monoisotopic (exact) mass is 369 g/mol. The molecule has 5 nitrogen and oxygen atoms in total. The summed E-state index contributed by atoms with van der Waals surface area (Å²) in [6.07, 6.45) is 0. The zero-order valence-corrected chi connectivity index (χ0v) is 15.6. The van der Waals surface area contributed by atoms with E-state index in [-0.39, 0.29) is 5.78 Å². The Hall–Kier alpha value is -2.99. The highest BCUT2D eigenvalue weighted by Gasteiger charge is 2.21. The molecule has 3 rings (SSSR count). The van der Waals surface area contributed by atoms with Crippen LogP contribution in [0.5, 0.6) is 17.2 Å². The summed E-state index contributed by atoms with van der Waals surface area (Å²) in [5.74, 6) is 1.13. The van der Waals surface area contributed by atoms with Gasteiger partial charge >= 0.3 is 0 Å². The van der Waals surface area contributed by atoms with Gasteiger partial charge in [0.25, 0.3) is 0 Å². The van der Waals surface area contributed by atoms with Gasteiger partial charge in [0.2, 0.25) is 5.75 Å². The number of hydrogen-bond acceptors (Lipinski definition) is 6. The van der Waals surface area contributed by atoms with Crippen molar-refractivity contribution in [2.45, 2.75) is 0 Å². The highest BCUT2D eigenvalue weighted by atomic mass is 32.1. The van der Waals surface area contributed by atoms with Gasteiger partial charge in [-0.2, -0.15) is 0 Å². The first-order valence-corrected chi connectivity index (χ1v) is 8.75. The number of hydrogen-bond donors (Lipinski definition) is 1. The van der Waals surface area contributed by atoms with Crippen LogP contribution in [0, 0.1) is 0 Å². The second-order valence-electron chi connectivity index (χ2n) is 5.53. The van der Waals surface area contributed by atoms with Gasteiger partial charge in [0.05, 0.1) is 21.3 Å². The third-order valence-electron chi connectivity index (χ3n) is 4.00. The van der Waals surface area contributed by atoms with Gasteiger partial charge in [-0.1, -0.05) is 12.1 Å². The number of carbonyl (C=O) groups is 1. The first kappa shape index (κ1) is 17.8. The quantitative estimate of drug-likeness (QED) is 0.519. The molecular formula is C20H19NO4S. The molecule has 0 saturated heterocycles. The molecule has 0 atom stereocenters. The maximum absolute atomic E-state index is 13.2. The van der Waals surface area contributed by atoms with Gasteiger partial charge in [0.15, 0.2) is 17.3 Å². The zero-order chi connectivity index (χ0) is 18.7. The fraction of sp³-hybridized carbons (Fsp3) is 0.150. The Morgan fingerprint density at radius 1 is 0.962 bits per heavy atom. The lowest BCUT2D eigenvalue weighted by atomic mass is 9.96. The molecule has 0 fully saturated rings. The maximum atomic E-state index is 13.2. The van der Waals surface area contributed by atoms with E-state index >= 15 is 0 Å². The molecule has 1 heterocycles. The van der Waals surface area contributed by atoms with E-state index in [0.717, 1.165) is 10.4 Å². The Bertz CT molecular complexity index is 910. The number of carbonyl (C=O) groups excluding carboxylic acids is 1. The van der Waals surface area contributed by atoms with Crippen LogP contribution >= 0.6 is 11.3 Å². The van der Waals surface area contributed by atoms with Crippen molar-refractivity contribution < 1.29 is 19.0 Å². The fourth-order valence-corrected chi connectivity index (χ4v) is 3.53. The van der Waals surface area contributed by atoms with E-state index < -0.39 is 0 Å². The molecule has 0 spiro atoms. The molecule has 3 aromatic rings. The molecule has 1 aromatic heterocycles. The number of ketones is 1. The Morgan fingerprint density at radius 2 is 1.65 bits per heavy atom. The number of nitrogens with two attached hydrogens (primary N) is 1. The van der Waals surface area contributed by atoms with Crippen LogP contribution in [0.1, 0.15) is 15.9 Å². The second-order valence-corrected chi connectivity index (χ2v) is 6.47. The molecule has 134 valence electrons. The summed E-state index contributed by atoms with van der Waals surface area (Å²) >= 11 is 1.57. The van der Waals surface area contributed by atoms with Crippen LogP contribution < -0.4 is 19.9 Å². The van der Waals surface area contributed by atoms with E-state index in [0.29, 0.717) is 34.1 Å². The van der Waals surface area contributed by atoms with E-state index in [1.165, 1.54) is 21.3 Å². The fourth-order valence-electron chi connectivity index (χ4n) is 2.76. The second kappa shape index (κ2) is 7.49. The van der Waals surface area contributed by atoms with Crippen molar-refractivity contribution in [1.29, 1.82) is 0 Å². The smallest absolute Gasteiger partial charge is 0.203 e. The number of benzene rings is 2. The zero-order valence-electron chi connectivity index (χ0n) is 14.7. The lowest BCUT2D eigenvalue weighted by Gasteiger charge is -2.15. The van der Waals surface area contributed by atoms with Crippen molar-refractivity contribution in [2.24, 2.45) is 0 Å². The summed E-state index contributed by atoms with van der Waals surface area (Å²) in [5, 5.41) is 1.97. The Morgan fingerprint density at radius 3 is 2.19 bits per heavy atom. The molecule has 0 amide bonds.